The average molecular weight is 402 g/mol. The monoisotopic (exact) mass is 401 g/mol. The molecule has 1 aliphatic rings. The van der Waals surface area contributed by atoms with Gasteiger partial charge in [-0.05, 0) is 49.1 Å². The van der Waals surface area contributed by atoms with Gasteiger partial charge in [0.25, 0.3) is 0 Å². The summed E-state index contributed by atoms with van der Waals surface area (Å²) in [5.41, 5.74) is 0. The molecule has 0 aliphatic carbocycles. The molecule has 5 nitrogen and oxygen atoms in total. The predicted octanol–water partition coefficient (Wildman–Crippen LogP) is 2.15. The average Bonchev–Trinajstić information content (AvgIpc) is 2.91. The lowest BCUT2D eigenvalue weighted by molar-refractivity contribution is 0.119. The van der Waals surface area contributed by atoms with Gasteiger partial charge in [0.15, 0.2) is 5.96 Å². The Morgan fingerprint density at radius 1 is 1.43 bits per heavy atom. The minimum Gasteiger partial charge on any atom is -0.357 e. The van der Waals surface area contributed by atoms with Gasteiger partial charge in [-0.1, -0.05) is 0 Å². The van der Waals surface area contributed by atoms with E-state index >= 15 is 0 Å². The molecule has 130 valence electrons. The molecule has 0 saturated carbocycles. The minimum atomic E-state index is 0.492. The van der Waals surface area contributed by atoms with Crippen LogP contribution in [0.15, 0.2) is 20.9 Å². The van der Waals surface area contributed by atoms with Gasteiger partial charge < -0.3 is 15.1 Å². The molecule has 0 spiro atoms. The van der Waals surface area contributed by atoms with Crippen LogP contribution in [0.3, 0.4) is 0 Å². The number of piperazine rings is 1. The molecule has 1 N–H and O–H groups in total. The Labute approximate surface area is 152 Å². The summed E-state index contributed by atoms with van der Waals surface area (Å²) in [6, 6.07) is 4.76. The maximum absolute atomic E-state index is 4.88. The number of aliphatic imine (C=N–C) groups is 1. The summed E-state index contributed by atoms with van der Waals surface area (Å²) < 4.78 is 1.18. The fourth-order valence-corrected chi connectivity index (χ4v) is 4.24. The number of halogens is 1. The Bertz CT molecular complexity index is 518. The van der Waals surface area contributed by atoms with Gasteiger partial charge in [0.05, 0.1) is 16.9 Å². The van der Waals surface area contributed by atoms with Gasteiger partial charge in [0.1, 0.15) is 0 Å². The molecule has 1 aromatic heterocycles. The molecule has 23 heavy (non-hydrogen) atoms. The fourth-order valence-electron chi connectivity index (χ4n) is 2.71. The molecule has 1 unspecified atom stereocenters. The molecule has 1 saturated heterocycles. The van der Waals surface area contributed by atoms with Crippen LogP contribution in [-0.2, 0) is 6.54 Å². The number of likely N-dealkylation sites (N-methyl/N-ethyl adjacent to an activating group) is 2. The number of thiophene rings is 1. The van der Waals surface area contributed by atoms with E-state index < -0.39 is 0 Å². The third-order valence-corrected chi connectivity index (χ3v) is 5.76. The quantitative estimate of drug-likeness (QED) is 0.605. The van der Waals surface area contributed by atoms with Crippen molar-refractivity contribution in [3.05, 3.63) is 20.8 Å². The van der Waals surface area contributed by atoms with Crippen LogP contribution < -0.4 is 5.32 Å². The van der Waals surface area contributed by atoms with Crippen molar-refractivity contribution >= 4 is 33.2 Å². The predicted molar refractivity (Wildman–Crippen MR) is 103 cm³/mol. The topological polar surface area (TPSA) is 34.1 Å². The number of guanidine groups is 1. The van der Waals surface area contributed by atoms with Crippen LogP contribution in [0.25, 0.3) is 0 Å². The van der Waals surface area contributed by atoms with Gasteiger partial charge in [0, 0.05) is 44.1 Å². The van der Waals surface area contributed by atoms with Crippen molar-refractivity contribution in [3.63, 3.8) is 0 Å². The van der Waals surface area contributed by atoms with Gasteiger partial charge in [-0.25, -0.2) is 0 Å². The van der Waals surface area contributed by atoms with E-state index in [2.05, 4.69) is 76.1 Å². The lowest BCUT2D eigenvalue weighted by atomic mass is 10.2. The first-order valence-corrected chi connectivity index (χ1v) is 9.73. The summed E-state index contributed by atoms with van der Waals surface area (Å²) in [5.74, 6) is 0.985. The Morgan fingerprint density at radius 2 is 2.22 bits per heavy atom. The van der Waals surface area contributed by atoms with Gasteiger partial charge >= 0.3 is 0 Å². The SMILES string of the molecule is CCNC(=NCC1CN(C)CCN1C)N(C)Cc1ccc(Br)s1. The highest BCUT2D eigenvalue weighted by Crippen LogP contribution is 2.23. The molecule has 1 atom stereocenters. The van der Waals surface area contributed by atoms with Gasteiger partial charge in [0.2, 0.25) is 0 Å². The van der Waals surface area contributed by atoms with E-state index in [1.807, 2.05) is 0 Å². The lowest BCUT2D eigenvalue weighted by Crippen LogP contribution is -2.51. The highest BCUT2D eigenvalue weighted by Gasteiger charge is 2.22. The summed E-state index contributed by atoms with van der Waals surface area (Å²) in [6.07, 6.45) is 0. The van der Waals surface area contributed by atoms with Gasteiger partial charge in [-0.3, -0.25) is 9.89 Å². The third kappa shape index (κ3) is 5.74. The molecule has 0 amide bonds. The highest BCUT2D eigenvalue weighted by atomic mass is 79.9. The first kappa shape index (κ1) is 18.7. The largest absolute Gasteiger partial charge is 0.357 e. The fraction of sp³-hybridized carbons (Fsp3) is 0.688. The molecule has 0 radical (unpaired) electrons. The third-order valence-electron chi connectivity index (χ3n) is 4.15. The first-order chi connectivity index (χ1) is 11.0. The van der Waals surface area contributed by atoms with Crippen LogP contribution in [0.4, 0.5) is 0 Å². The molecule has 2 heterocycles. The Kier molecular flexibility index (Phi) is 7.33. The molecule has 0 aromatic carbocycles. The van der Waals surface area contributed by atoms with E-state index in [0.717, 1.165) is 45.2 Å². The van der Waals surface area contributed by atoms with Crippen LogP contribution >= 0.6 is 27.3 Å². The Balaban J connectivity index is 1.98. The number of rotatable bonds is 5. The molecule has 1 aliphatic heterocycles. The standard InChI is InChI=1S/C16H28BrN5S/c1-5-18-16(22(4)12-14-6-7-15(17)23-14)19-10-13-11-20(2)8-9-21(13)3/h6-7,13H,5,8-12H2,1-4H3,(H,18,19). The van der Waals surface area contributed by atoms with Crippen LogP contribution in [0, 0.1) is 0 Å². The second-order valence-electron chi connectivity index (χ2n) is 6.15. The van der Waals surface area contributed by atoms with Crippen molar-refractivity contribution in [2.75, 3.05) is 53.9 Å². The number of hydrogen-bond donors (Lipinski definition) is 1. The van der Waals surface area contributed by atoms with E-state index in [4.69, 9.17) is 4.99 Å². The molecular weight excluding hydrogens is 374 g/mol. The van der Waals surface area contributed by atoms with E-state index in [-0.39, 0.29) is 0 Å². The first-order valence-electron chi connectivity index (χ1n) is 8.12. The van der Waals surface area contributed by atoms with Crippen LogP contribution in [0.5, 0.6) is 0 Å². The maximum atomic E-state index is 4.88. The Morgan fingerprint density at radius 3 is 2.87 bits per heavy atom. The molecule has 7 heteroatoms. The van der Waals surface area contributed by atoms with E-state index in [0.29, 0.717) is 6.04 Å². The zero-order chi connectivity index (χ0) is 16.8. The normalized spacial score (nSPS) is 20.7. The lowest BCUT2D eigenvalue weighted by Gasteiger charge is -2.37. The van der Waals surface area contributed by atoms with Crippen molar-refractivity contribution in [1.29, 1.82) is 0 Å². The van der Waals surface area contributed by atoms with Crippen LogP contribution in [-0.4, -0.2) is 80.6 Å². The second kappa shape index (κ2) is 9.01. The molecule has 1 aromatic rings. The van der Waals surface area contributed by atoms with E-state index in [1.165, 1.54) is 8.66 Å². The number of nitrogens with zero attached hydrogens (tertiary/aromatic N) is 4. The summed E-state index contributed by atoms with van der Waals surface area (Å²) in [6.45, 7) is 8.06. The minimum absolute atomic E-state index is 0.492. The van der Waals surface area contributed by atoms with Crippen molar-refractivity contribution in [3.8, 4) is 0 Å². The summed E-state index contributed by atoms with van der Waals surface area (Å²) in [7, 11) is 6.49. The van der Waals surface area contributed by atoms with Crippen LogP contribution in [0.2, 0.25) is 0 Å². The number of hydrogen-bond acceptors (Lipinski definition) is 4. The molecule has 1 fully saturated rings. The Hall–Kier alpha value is -0.630. The van der Waals surface area contributed by atoms with Crippen LogP contribution in [0.1, 0.15) is 11.8 Å². The molecule has 2 rings (SSSR count). The van der Waals surface area contributed by atoms with Crippen molar-refractivity contribution in [2.45, 2.75) is 19.5 Å². The van der Waals surface area contributed by atoms with Crippen molar-refractivity contribution in [1.82, 2.24) is 20.0 Å². The maximum Gasteiger partial charge on any atom is 0.194 e. The van der Waals surface area contributed by atoms with Crippen molar-refractivity contribution < 1.29 is 0 Å². The second-order valence-corrected chi connectivity index (χ2v) is 8.70. The van der Waals surface area contributed by atoms with Crippen molar-refractivity contribution in [2.24, 2.45) is 4.99 Å². The summed E-state index contributed by atoms with van der Waals surface area (Å²) in [4.78, 5) is 13.2. The number of nitrogens with one attached hydrogen (secondary N) is 1. The van der Waals surface area contributed by atoms with E-state index in [9.17, 15) is 0 Å². The van der Waals surface area contributed by atoms with Gasteiger partial charge in [-0.15, -0.1) is 11.3 Å². The van der Waals surface area contributed by atoms with Gasteiger partial charge in [-0.2, -0.15) is 0 Å². The summed E-state index contributed by atoms with van der Waals surface area (Å²) >= 11 is 5.30. The smallest absolute Gasteiger partial charge is 0.194 e. The summed E-state index contributed by atoms with van der Waals surface area (Å²) in [5, 5.41) is 3.41. The highest BCUT2D eigenvalue weighted by molar-refractivity contribution is 9.11. The molecule has 0 bridgehead atoms. The zero-order valence-corrected chi connectivity index (χ0v) is 17.0. The zero-order valence-electron chi connectivity index (χ0n) is 14.5. The molecular formula is C16H28BrN5S. The van der Waals surface area contributed by atoms with E-state index in [1.54, 1.807) is 11.3 Å².